The van der Waals surface area contributed by atoms with Crippen LogP contribution in [0.1, 0.15) is 54.6 Å². The molecule has 2 heteroatoms. The van der Waals surface area contributed by atoms with E-state index < -0.39 is 0 Å². The molecule has 0 aromatic heterocycles. The summed E-state index contributed by atoms with van der Waals surface area (Å²) in [6, 6.07) is 15.2. The second kappa shape index (κ2) is 6.00. The van der Waals surface area contributed by atoms with Crippen molar-refractivity contribution in [3.63, 3.8) is 0 Å². The first-order valence-corrected chi connectivity index (χ1v) is 7.46. The Bertz CT molecular complexity index is 603. The molecule has 0 fully saturated rings. The van der Waals surface area contributed by atoms with Gasteiger partial charge in [0, 0.05) is 0 Å². The summed E-state index contributed by atoms with van der Waals surface area (Å²) in [4.78, 5) is 0. The van der Waals surface area contributed by atoms with Crippen LogP contribution in [0, 0.1) is 13.8 Å². The Morgan fingerprint density at radius 1 is 0.952 bits per heavy atom. The Labute approximate surface area is 128 Å². The molecule has 3 N–H and O–H groups in total. The van der Waals surface area contributed by atoms with Crippen molar-refractivity contribution in [3.05, 3.63) is 70.3 Å². The number of rotatable bonds is 3. The Morgan fingerprint density at radius 2 is 1.52 bits per heavy atom. The van der Waals surface area contributed by atoms with Gasteiger partial charge in [-0.3, -0.25) is 5.84 Å². The molecule has 0 aliphatic carbocycles. The van der Waals surface area contributed by atoms with Crippen LogP contribution in [0.25, 0.3) is 0 Å². The molecule has 0 saturated carbocycles. The molecule has 0 aliphatic heterocycles. The van der Waals surface area contributed by atoms with Crippen molar-refractivity contribution in [1.82, 2.24) is 5.43 Å². The van der Waals surface area contributed by atoms with Gasteiger partial charge < -0.3 is 0 Å². The topological polar surface area (TPSA) is 38.0 Å². The molecule has 2 aromatic rings. The lowest BCUT2D eigenvalue weighted by atomic mass is 9.80. The molecule has 0 amide bonds. The van der Waals surface area contributed by atoms with Gasteiger partial charge in [-0.1, -0.05) is 74.4 Å². The van der Waals surface area contributed by atoms with Gasteiger partial charge in [0.2, 0.25) is 0 Å². The lowest BCUT2D eigenvalue weighted by molar-refractivity contribution is 0.557. The third kappa shape index (κ3) is 3.52. The van der Waals surface area contributed by atoms with Crippen molar-refractivity contribution < 1.29 is 0 Å². The second-order valence-electron chi connectivity index (χ2n) is 6.86. The monoisotopic (exact) mass is 282 g/mol. The van der Waals surface area contributed by atoms with E-state index in [2.05, 4.69) is 82.5 Å². The van der Waals surface area contributed by atoms with Gasteiger partial charge in [-0.05, 0) is 36.0 Å². The van der Waals surface area contributed by atoms with Crippen molar-refractivity contribution >= 4 is 0 Å². The Hall–Kier alpha value is -1.64. The van der Waals surface area contributed by atoms with Crippen LogP contribution in [-0.4, -0.2) is 0 Å². The zero-order chi connectivity index (χ0) is 15.6. The molecule has 112 valence electrons. The molecule has 0 spiro atoms. The molecular weight excluding hydrogens is 256 g/mol. The van der Waals surface area contributed by atoms with Gasteiger partial charge in [0.15, 0.2) is 0 Å². The maximum absolute atomic E-state index is 5.90. The van der Waals surface area contributed by atoms with Crippen molar-refractivity contribution in [2.45, 2.75) is 46.1 Å². The van der Waals surface area contributed by atoms with Crippen molar-refractivity contribution in [3.8, 4) is 0 Å². The molecule has 2 aromatic carbocycles. The van der Waals surface area contributed by atoms with Crippen LogP contribution >= 0.6 is 0 Å². The van der Waals surface area contributed by atoms with E-state index in [4.69, 9.17) is 5.84 Å². The van der Waals surface area contributed by atoms with Gasteiger partial charge >= 0.3 is 0 Å². The fourth-order valence-corrected chi connectivity index (χ4v) is 2.97. The standard InChI is InChI=1S/C19H26N2/c1-13-10-14(2)12-15(11-13)18(21-20)16-8-6-7-9-17(16)19(3,4)5/h6-12,18,21H,20H2,1-5H3. The minimum atomic E-state index is 0.0130. The van der Waals surface area contributed by atoms with Gasteiger partial charge in [-0.2, -0.15) is 0 Å². The highest BCUT2D eigenvalue weighted by atomic mass is 15.2. The molecule has 2 rings (SSSR count). The van der Waals surface area contributed by atoms with Crippen LogP contribution in [0.4, 0.5) is 0 Å². The van der Waals surface area contributed by atoms with Crippen LogP contribution in [0.2, 0.25) is 0 Å². The fraction of sp³-hybridized carbons (Fsp3) is 0.368. The highest BCUT2D eigenvalue weighted by molar-refractivity contribution is 5.42. The van der Waals surface area contributed by atoms with Crippen LogP contribution in [0.5, 0.6) is 0 Å². The summed E-state index contributed by atoms with van der Waals surface area (Å²) in [6.45, 7) is 11.0. The maximum atomic E-state index is 5.90. The average Bonchev–Trinajstić information content (AvgIpc) is 2.38. The van der Waals surface area contributed by atoms with E-state index >= 15 is 0 Å². The smallest absolute Gasteiger partial charge is 0.0713 e. The molecule has 21 heavy (non-hydrogen) atoms. The zero-order valence-electron chi connectivity index (χ0n) is 13.7. The fourth-order valence-electron chi connectivity index (χ4n) is 2.97. The molecule has 1 unspecified atom stereocenters. The van der Waals surface area contributed by atoms with Crippen LogP contribution in [0.3, 0.4) is 0 Å². The van der Waals surface area contributed by atoms with Gasteiger partial charge in [0.05, 0.1) is 6.04 Å². The molecule has 2 nitrogen and oxygen atoms in total. The second-order valence-corrected chi connectivity index (χ2v) is 6.86. The number of hydrogen-bond acceptors (Lipinski definition) is 2. The lowest BCUT2D eigenvalue weighted by Crippen LogP contribution is -2.31. The van der Waals surface area contributed by atoms with E-state index in [0.717, 1.165) is 0 Å². The van der Waals surface area contributed by atoms with E-state index in [-0.39, 0.29) is 11.5 Å². The summed E-state index contributed by atoms with van der Waals surface area (Å²) in [7, 11) is 0. The van der Waals surface area contributed by atoms with Crippen LogP contribution in [-0.2, 0) is 5.41 Å². The van der Waals surface area contributed by atoms with E-state index in [1.54, 1.807) is 0 Å². The quantitative estimate of drug-likeness (QED) is 0.655. The molecule has 0 aliphatic rings. The minimum Gasteiger partial charge on any atom is -0.271 e. The lowest BCUT2D eigenvalue weighted by Gasteiger charge is -2.28. The third-order valence-electron chi connectivity index (χ3n) is 3.82. The number of benzene rings is 2. The molecule has 0 radical (unpaired) electrons. The number of hydrazine groups is 1. The number of aryl methyl sites for hydroxylation is 2. The number of hydrogen-bond donors (Lipinski definition) is 2. The summed E-state index contributed by atoms with van der Waals surface area (Å²) in [5.74, 6) is 5.90. The van der Waals surface area contributed by atoms with E-state index in [1.807, 2.05) is 0 Å². The first kappa shape index (κ1) is 15.7. The first-order chi connectivity index (χ1) is 9.82. The molecule has 1 atom stereocenters. The highest BCUT2D eigenvalue weighted by Crippen LogP contribution is 2.32. The predicted octanol–water partition coefficient (Wildman–Crippen LogP) is 4.15. The zero-order valence-corrected chi connectivity index (χ0v) is 13.7. The Morgan fingerprint density at radius 3 is 2.05 bits per heavy atom. The van der Waals surface area contributed by atoms with Crippen molar-refractivity contribution in [2.24, 2.45) is 5.84 Å². The van der Waals surface area contributed by atoms with Crippen molar-refractivity contribution in [2.75, 3.05) is 0 Å². The van der Waals surface area contributed by atoms with Gasteiger partial charge in [0.25, 0.3) is 0 Å². The Kier molecular flexibility index (Phi) is 4.50. The van der Waals surface area contributed by atoms with Crippen LogP contribution < -0.4 is 11.3 Å². The minimum absolute atomic E-state index is 0.0130. The summed E-state index contributed by atoms with van der Waals surface area (Å²) in [5, 5.41) is 0. The van der Waals surface area contributed by atoms with E-state index in [9.17, 15) is 0 Å². The molecular formula is C19H26N2. The molecule has 0 saturated heterocycles. The summed E-state index contributed by atoms with van der Waals surface area (Å²) < 4.78 is 0. The first-order valence-electron chi connectivity index (χ1n) is 7.46. The molecule has 0 heterocycles. The number of nitrogens with one attached hydrogen (secondary N) is 1. The van der Waals surface area contributed by atoms with Gasteiger partial charge in [-0.15, -0.1) is 0 Å². The molecule has 0 bridgehead atoms. The summed E-state index contributed by atoms with van der Waals surface area (Å²) in [6.07, 6.45) is 0. The Balaban J connectivity index is 2.57. The third-order valence-corrected chi connectivity index (χ3v) is 3.82. The van der Waals surface area contributed by atoms with Crippen LogP contribution in [0.15, 0.2) is 42.5 Å². The normalized spacial score (nSPS) is 13.2. The van der Waals surface area contributed by atoms with Gasteiger partial charge in [0.1, 0.15) is 0 Å². The highest BCUT2D eigenvalue weighted by Gasteiger charge is 2.23. The van der Waals surface area contributed by atoms with Gasteiger partial charge in [-0.25, -0.2) is 5.43 Å². The SMILES string of the molecule is Cc1cc(C)cc(C(NN)c2ccccc2C(C)(C)C)c1. The van der Waals surface area contributed by atoms with E-state index in [0.29, 0.717) is 0 Å². The summed E-state index contributed by atoms with van der Waals surface area (Å²) in [5.41, 5.74) is 9.40. The van der Waals surface area contributed by atoms with E-state index in [1.165, 1.54) is 27.8 Å². The largest absolute Gasteiger partial charge is 0.271 e. The van der Waals surface area contributed by atoms with Crippen molar-refractivity contribution in [1.29, 1.82) is 0 Å². The number of nitrogens with two attached hydrogens (primary N) is 1. The maximum Gasteiger partial charge on any atom is 0.0713 e. The summed E-state index contributed by atoms with van der Waals surface area (Å²) >= 11 is 0. The predicted molar refractivity (Wildman–Crippen MR) is 90.2 cm³/mol. The average molecular weight is 282 g/mol.